The van der Waals surface area contributed by atoms with Crippen molar-refractivity contribution < 1.29 is 5.11 Å². The summed E-state index contributed by atoms with van der Waals surface area (Å²) in [7, 11) is 0. The summed E-state index contributed by atoms with van der Waals surface area (Å²) in [5.74, 6) is 2.27. The van der Waals surface area contributed by atoms with Crippen molar-refractivity contribution in [3.8, 4) is 0 Å². The van der Waals surface area contributed by atoms with E-state index in [1.54, 1.807) is 5.57 Å². The monoisotopic (exact) mass is 272 g/mol. The maximum absolute atomic E-state index is 10.4. The predicted octanol–water partition coefficient (Wildman–Crippen LogP) is 4.48. The fourth-order valence-corrected chi connectivity index (χ4v) is 6.06. The van der Waals surface area contributed by atoms with Gasteiger partial charge in [-0.15, -0.1) is 0 Å². The maximum Gasteiger partial charge on any atom is 0.0599 e. The summed E-state index contributed by atoms with van der Waals surface area (Å²) >= 11 is 0. The van der Waals surface area contributed by atoms with E-state index in [4.69, 9.17) is 0 Å². The second-order valence-electron chi connectivity index (χ2n) is 8.23. The van der Waals surface area contributed by atoms with Crippen molar-refractivity contribution in [2.75, 3.05) is 0 Å². The third-order valence-corrected chi connectivity index (χ3v) is 7.49. The van der Waals surface area contributed by atoms with Crippen molar-refractivity contribution >= 4 is 0 Å². The smallest absolute Gasteiger partial charge is 0.0599 e. The number of fused-ring (bicyclic) bond motifs is 5. The zero-order valence-electron chi connectivity index (χ0n) is 12.9. The first-order valence-corrected chi connectivity index (χ1v) is 8.61. The van der Waals surface area contributed by atoms with Gasteiger partial charge in [0.2, 0.25) is 0 Å². The fraction of sp³-hybridized carbons (Fsp3) is 0.789. The van der Waals surface area contributed by atoms with Gasteiger partial charge >= 0.3 is 0 Å². The number of hydrogen-bond acceptors (Lipinski definition) is 1. The second-order valence-corrected chi connectivity index (χ2v) is 8.23. The average molecular weight is 272 g/mol. The van der Waals surface area contributed by atoms with E-state index in [0.29, 0.717) is 11.3 Å². The van der Waals surface area contributed by atoms with E-state index in [1.165, 1.54) is 38.5 Å². The van der Waals surface area contributed by atoms with E-state index in [9.17, 15) is 5.11 Å². The SMILES string of the molecule is C[C@]12C=CCCC1CC=C1[C@H]2CC[C@]2(C)C(O)CC[C@@H]12. The van der Waals surface area contributed by atoms with Crippen molar-refractivity contribution in [1.82, 2.24) is 0 Å². The number of aliphatic hydroxyl groups is 1. The summed E-state index contributed by atoms with van der Waals surface area (Å²) < 4.78 is 0. The van der Waals surface area contributed by atoms with Crippen LogP contribution in [-0.4, -0.2) is 11.2 Å². The zero-order valence-corrected chi connectivity index (χ0v) is 12.9. The van der Waals surface area contributed by atoms with Crippen molar-refractivity contribution in [2.24, 2.45) is 28.6 Å². The summed E-state index contributed by atoms with van der Waals surface area (Å²) in [6.45, 7) is 4.86. The Bertz CT molecular complexity index is 476. The van der Waals surface area contributed by atoms with Gasteiger partial charge < -0.3 is 5.11 Å². The Labute approximate surface area is 123 Å². The molecule has 0 aromatic rings. The van der Waals surface area contributed by atoms with E-state index < -0.39 is 0 Å². The highest BCUT2D eigenvalue weighted by atomic mass is 16.3. The van der Waals surface area contributed by atoms with Crippen LogP contribution in [0.25, 0.3) is 0 Å². The standard InChI is InChI=1S/C19H28O/c1-18-11-4-3-5-13(18)6-7-14-15-8-9-17(20)19(15,2)12-10-16(14)18/h4,7,11,13,15-17,20H,3,5-6,8-10,12H2,1-2H3/t13?,15-,16+,17?,18-,19-/m0/s1. The molecular weight excluding hydrogens is 244 g/mol. The van der Waals surface area contributed by atoms with Crippen LogP contribution < -0.4 is 0 Å². The minimum atomic E-state index is -0.0678. The highest BCUT2D eigenvalue weighted by Gasteiger charge is 2.56. The molecule has 0 heterocycles. The summed E-state index contributed by atoms with van der Waals surface area (Å²) in [4.78, 5) is 0. The summed E-state index contributed by atoms with van der Waals surface area (Å²) in [6.07, 6.45) is 16.2. The summed E-state index contributed by atoms with van der Waals surface area (Å²) in [5.41, 5.74) is 2.29. The normalized spacial score (nSPS) is 53.9. The molecule has 1 heteroatoms. The lowest BCUT2D eigenvalue weighted by atomic mass is 9.50. The van der Waals surface area contributed by atoms with Crippen LogP contribution in [0.4, 0.5) is 0 Å². The lowest BCUT2D eigenvalue weighted by Crippen LogP contribution is -2.47. The van der Waals surface area contributed by atoms with Crippen molar-refractivity contribution in [3.05, 3.63) is 23.8 Å². The molecule has 4 rings (SSSR count). The van der Waals surface area contributed by atoms with E-state index in [-0.39, 0.29) is 11.5 Å². The van der Waals surface area contributed by atoms with Gasteiger partial charge in [-0.25, -0.2) is 0 Å². The molecule has 0 aromatic heterocycles. The minimum Gasteiger partial charge on any atom is -0.393 e. The second kappa shape index (κ2) is 4.22. The van der Waals surface area contributed by atoms with Crippen LogP contribution in [-0.2, 0) is 0 Å². The number of aliphatic hydroxyl groups excluding tert-OH is 1. The number of hydrogen-bond donors (Lipinski definition) is 1. The molecule has 4 aliphatic carbocycles. The van der Waals surface area contributed by atoms with Crippen molar-refractivity contribution in [3.63, 3.8) is 0 Å². The van der Waals surface area contributed by atoms with Gasteiger partial charge in [0, 0.05) is 5.41 Å². The Morgan fingerprint density at radius 2 is 1.95 bits per heavy atom. The first kappa shape index (κ1) is 13.1. The highest BCUT2D eigenvalue weighted by molar-refractivity contribution is 5.30. The molecule has 1 N–H and O–H groups in total. The molecule has 4 aliphatic rings. The van der Waals surface area contributed by atoms with Crippen LogP contribution in [0.2, 0.25) is 0 Å². The van der Waals surface area contributed by atoms with Crippen molar-refractivity contribution in [2.45, 2.75) is 64.9 Å². The Kier molecular flexibility index (Phi) is 2.77. The largest absolute Gasteiger partial charge is 0.393 e. The molecule has 0 amide bonds. The molecule has 6 atom stereocenters. The van der Waals surface area contributed by atoms with Crippen LogP contribution in [0.1, 0.15) is 58.8 Å². The topological polar surface area (TPSA) is 20.2 Å². The molecule has 0 radical (unpaired) electrons. The van der Waals surface area contributed by atoms with Crippen LogP contribution in [0.5, 0.6) is 0 Å². The van der Waals surface area contributed by atoms with Gasteiger partial charge in [0.25, 0.3) is 0 Å². The quantitative estimate of drug-likeness (QED) is 0.645. The molecule has 0 spiro atoms. The van der Waals surface area contributed by atoms with Gasteiger partial charge in [-0.2, -0.15) is 0 Å². The van der Waals surface area contributed by atoms with Crippen LogP contribution in [0.3, 0.4) is 0 Å². The van der Waals surface area contributed by atoms with Crippen LogP contribution in [0.15, 0.2) is 23.8 Å². The molecule has 0 bridgehead atoms. The van der Waals surface area contributed by atoms with E-state index >= 15 is 0 Å². The minimum absolute atomic E-state index is 0.0678. The lowest BCUT2D eigenvalue weighted by Gasteiger charge is -2.55. The van der Waals surface area contributed by atoms with Gasteiger partial charge in [-0.3, -0.25) is 0 Å². The van der Waals surface area contributed by atoms with E-state index in [2.05, 4.69) is 32.1 Å². The van der Waals surface area contributed by atoms with E-state index in [0.717, 1.165) is 18.3 Å². The molecule has 110 valence electrons. The predicted molar refractivity (Wildman–Crippen MR) is 82.2 cm³/mol. The van der Waals surface area contributed by atoms with Gasteiger partial charge in [0.1, 0.15) is 0 Å². The zero-order chi connectivity index (χ0) is 14.0. The number of rotatable bonds is 0. The lowest BCUT2D eigenvalue weighted by molar-refractivity contribution is -0.00172. The third kappa shape index (κ3) is 1.53. The van der Waals surface area contributed by atoms with Gasteiger partial charge in [-0.05, 0) is 68.1 Å². The summed E-state index contributed by atoms with van der Waals surface area (Å²) in [5, 5.41) is 10.4. The van der Waals surface area contributed by atoms with Crippen LogP contribution in [0, 0.1) is 28.6 Å². The Morgan fingerprint density at radius 1 is 1.10 bits per heavy atom. The van der Waals surface area contributed by atoms with Gasteiger partial charge in [0.15, 0.2) is 0 Å². The highest BCUT2D eigenvalue weighted by Crippen LogP contribution is 2.63. The Morgan fingerprint density at radius 3 is 2.80 bits per heavy atom. The molecule has 2 unspecified atom stereocenters. The van der Waals surface area contributed by atoms with Gasteiger partial charge in [0.05, 0.1) is 6.10 Å². The Balaban J connectivity index is 1.74. The molecular formula is C19H28O. The van der Waals surface area contributed by atoms with Crippen molar-refractivity contribution in [1.29, 1.82) is 0 Å². The third-order valence-electron chi connectivity index (χ3n) is 7.49. The molecule has 1 nitrogen and oxygen atoms in total. The molecule has 0 saturated heterocycles. The first-order valence-electron chi connectivity index (χ1n) is 8.61. The fourth-order valence-electron chi connectivity index (χ4n) is 6.06. The molecule has 0 aliphatic heterocycles. The number of allylic oxidation sites excluding steroid dienone is 4. The first-order chi connectivity index (χ1) is 9.56. The van der Waals surface area contributed by atoms with Gasteiger partial charge in [-0.1, -0.05) is 37.6 Å². The molecule has 0 aromatic carbocycles. The summed E-state index contributed by atoms with van der Waals surface area (Å²) in [6, 6.07) is 0. The van der Waals surface area contributed by atoms with Crippen LogP contribution >= 0.6 is 0 Å². The maximum atomic E-state index is 10.4. The van der Waals surface area contributed by atoms with E-state index in [1.807, 2.05) is 0 Å². The average Bonchev–Trinajstić information content (AvgIpc) is 2.74. The Hall–Kier alpha value is -0.560. The molecule has 20 heavy (non-hydrogen) atoms. The molecule has 2 fully saturated rings. The molecule has 2 saturated carbocycles.